The zero-order chi connectivity index (χ0) is 18.8. The minimum absolute atomic E-state index is 0.00228. The van der Waals surface area contributed by atoms with E-state index >= 15 is 0 Å². The Morgan fingerprint density at radius 2 is 1.65 bits per heavy atom. The van der Waals surface area contributed by atoms with Crippen molar-refractivity contribution in [2.75, 3.05) is 6.61 Å². The second-order valence-corrected chi connectivity index (χ2v) is 6.60. The second-order valence-electron chi connectivity index (χ2n) is 5.28. The Balaban J connectivity index is 1.62. The lowest BCUT2D eigenvalue weighted by molar-refractivity contribution is -0.123. The highest BCUT2D eigenvalue weighted by atomic mass is 79.9. The summed E-state index contributed by atoms with van der Waals surface area (Å²) in [5, 5.41) is 2.43. The van der Waals surface area contributed by atoms with Gasteiger partial charge in [-0.15, -0.1) is 0 Å². The van der Waals surface area contributed by atoms with E-state index in [2.05, 4.69) is 32.1 Å². The van der Waals surface area contributed by atoms with Crippen LogP contribution in [0, 0.1) is 0 Å². The van der Waals surface area contributed by atoms with Crippen LogP contribution in [-0.4, -0.2) is 23.5 Å². The van der Waals surface area contributed by atoms with E-state index in [0.29, 0.717) is 18.6 Å². The highest BCUT2D eigenvalue weighted by molar-refractivity contribution is 9.10. The Morgan fingerprint density at radius 3 is 2.35 bits per heavy atom. The number of carbonyl (C=O) groups is 2. The molecule has 0 spiro atoms. The van der Waals surface area contributed by atoms with Crippen LogP contribution in [-0.2, 0) is 16.0 Å². The number of nitrogens with one attached hydrogen (secondary N) is 3. The lowest BCUT2D eigenvalue weighted by Gasteiger charge is -2.11. The first-order chi connectivity index (χ1) is 12.5. The van der Waals surface area contributed by atoms with Gasteiger partial charge in [0.25, 0.3) is 5.91 Å². The summed E-state index contributed by atoms with van der Waals surface area (Å²) < 4.78 is 6.25. The number of benzene rings is 2. The predicted octanol–water partition coefficient (Wildman–Crippen LogP) is 2.48. The summed E-state index contributed by atoms with van der Waals surface area (Å²) in [6.07, 6.45) is 0.925. The second kappa shape index (κ2) is 10.5. The quantitative estimate of drug-likeness (QED) is 0.479. The minimum Gasteiger partial charge on any atom is -0.484 e. The topological polar surface area (TPSA) is 79.5 Å². The molecule has 0 aliphatic carbocycles. The molecule has 26 heavy (non-hydrogen) atoms. The van der Waals surface area contributed by atoms with Crippen LogP contribution in [0.2, 0.25) is 0 Å². The summed E-state index contributed by atoms with van der Waals surface area (Å²) in [4.78, 5) is 23.5. The molecule has 0 saturated heterocycles. The molecular formula is C18H18BrN3O3S. The van der Waals surface area contributed by atoms with Crippen molar-refractivity contribution in [3.8, 4) is 5.75 Å². The summed E-state index contributed by atoms with van der Waals surface area (Å²) in [6.45, 7) is -0.189. The van der Waals surface area contributed by atoms with Crippen LogP contribution in [0.3, 0.4) is 0 Å². The summed E-state index contributed by atoms with van der Waals surface area (Å²) >= 11 is 8.27. The molecule has 2 aromatic carbocycles. The molecule has 0 aromatic heterocycles. The number of hydrogen-bond donors (Lipinski definition) is 3. The molecule has 136 valence electrons. The van der Waals surface area contributed by atoms with Crippen molar-refractivity contribution in [1.82, 2.24) is 16.2 Å². The molecule has 8 heteroatoms. The molecule has 0 aliphatic rings. The molecule has 3 N–H and O–H groups in total. The van der Waals surface area contributed by atoms with E-state index in [1.807, 2.05) is 42.5 Å². The number of ether oxygens (including phenoxy) is 1. The molecule has 6 nitrogen and oxygen atoms in total. The highest BCUT2D eigenvalue weighted by Gasteiger charge is 2.07. The molecule has 0 fully saturated rings. The van der Waals surface area contributed by atoms with Gasteiger partial charge in [0.1, 0.15) is 5.75 Å². The molecule has 0 bridgehead atoms. The number of carbonyl (C=O) groups excluding carboxylic acids is 2. The van der Waals surface area contributed by atoms with Gasteiger partial charge in [0, 0.05) is 10.9 Å². The summed E-state index contributed by atoms with van der Waals surface area (Å²) in [7, 11) is 0. The van der Waals surface area contributed by atoms with Gasteiger partial charge in [0.2, 0.25) is 5.91 Å². The maximum absolute atomic E-state index is 11.8. The van der Waals surface area contributed by atoms with E-state index in [1.165, 1.54) is 0 Å². The van der Waals surface area contributed by atoms with Gasteiger partial charge in [-0.2, -0.15) is 0 Å². The fourth-order valence-corrected chi connectivity index (χ4v) is 2.39. The summed E-state index contributed by atoms with van der Waals surface area (Å²) in [5.41, 5.74) is 6.01. The number of rotatable bonds is 6. The molecular weight excluding hydrogens is 418 g/mol. The van der Waals surface area contributed by atoms with Crippen molar-refractivity contribution in [1.29, 1.82) is 0 Å². The molecule has 0 aliphatic heterocycles. The predicted molar refractivity (Wildman–Crippen MR) is 106 cm³/mol. The van der Waals surface area contributed by atoms with Gasteiger partial charge in [0.15, 0.2) is 11.7 Å². The Hall–Kier alpha value is -2.45. The van der Waals surface area contributed by atoms with Crippen LogP contribution in [0.25, 0.3) is 0 Å². The minimum atomic E-state index is -0.427. The maximum Gasteiger partial charge on any atom is 0.264 e. The molecule has 2 amide bonds. The smallest absolute Gasteiger partial charge is 0.264 e. The van der Waals surface area contributed by atoms with E-state index in [1.54, 1.807) is 12.1 Å². The van der Waals surface area contributed by atoms with Crippen LogP contribution in [0.5, 0.6) is 5.75 Å². The van der Waals surface area contributed by atoms with Crippen LogP contribution < -0.4 is 20.9 Å². The van der Waals surface area contributed by atoms with Gasteiger partial charge in [0.05, 0.1) is 0 Å². The van der Waals surface area contributed by atoms with Gasteiger partial charge in [-0.1, -0.05) is 46.3 Å². The molecule has 0 saturated carbocycles. The number of halogens is 1. The normalized spacial score (nSPS) is 9.88. The van der Waals surface area contributed by atoms with Crippen molar-refractivity contribution in [3.05, 3.63) is 64.6 Å². The Labute approximate surface area is 165 Å². The third kappa shape index (κ3) is 7.62. The van der Waals surface area contributed by atoms with Crippen LogP contribution in [0.4, 0.5) is 0 Å². The maximum atomic E-state index is 11.8. The van der Waals surface area contributed by atoms with Crippen molar-refractivity contribution in [3.63, 3.8) is 0 Å². The highest BCUT2D eigenvalue weighted by Crippen LogP contribution is 2.15. The summed E-state index contributed by atoms with van der Waals surface area (Å²) in [5.74, 6) is -0.0861. The van der Waals surface area contributed by atoms with Gasteiger partial charge < -0.3 is 4.74 Å². The van der Waals surface area contributed by atoms with Gasteiger partial charge in [-0.25, -0.2) is 0 Å². The zero-order valence-electron chi connectivity index (χ0n) is 13.8. The Kier molecular flexibility index (Phi) is 8.04. The van der Waals surface area contributed by atoms with Gasteiger partial charge in [-0.3, -0.25) is 25.8 Å². The zero-order valence-corrected chi connectivity index (χ0v) is 16.2. The molecule has 2 rings (SSSR count). The van der Waals surface area contributed by atoms with Crippen LogP contribution in [0.15, 0.2) is 59.1 Å². The Bertz CT molecular complexity index is 754. The first-order valence-corrected chi connectivity index (χ1v) is 9.04. The van der Waals surface area contributed by atoms with Crippen molar-refractivity contribution in [2.45, 2.75) is 12.8 Å². The molecule has 2 aromatic rings. The first kappa shape index (κ1) is 19.9. The van der Waals surface area contributed by atoms with Crippen molar-refractivity contribution in [2.24, 2.45) is 0 Å². The van der Waals surface area contributed by atoms with E-state index in [0.717, 1.165) is 10.0 Å². The van der Waals surface area contributed by atoms with E-state index in [9.17, 15) is 9.59 Å². The van der Waals surface area contributed by atoms with Crippen LogP contribution >= 0.6 is 28.1 Å². The molecule has 0 atom stereocenters. The number of hydrazine groups is 1. The average molecular weight is 436 g/mol. The molecule has 0 unspecified atom stereocenters. The standard InChI is InChI=1S/C18H18BrN3O3S/c19-14-7-9-15(10-8-14)25-12-17(24)20-18(26)22-21-16(23)11-6-13-4-2-1-3-5-13/h1-5,7-10H,6,11-12H2,(H,21,23)(H2,20,22,24,26). The van der Waals surface area contributed by atoms with Gasteiger partial charge in [-0.05, 0) is 48.5 Å². The monoisotopic (exact) mass is 435 g/mol. The number of amides is 2. The largest absolute Gasteiger partial charge is 0.484 e. The summed E-state index contributed by atoms with van der Waals surface area (Å²) in [6, 6.07) is 16.8. The third-order valence-electron chi connectivity index (χ3n) is 3.24. The van der Waals surface area contributed by atoms with E-state index in [-0.39, 0.29) is 17.6 Å². The third-order valence-corrected chi connectivity index (χ3v) is 3.97. The average Bonchev–Trinajstić information content (AvgIpc) is 2.65. The number of aryl methyl sites for hydroxylation is 1. The number of hydrogen-bond acceptors (Lipinski definition) is 4. The van der Waals surface area contributed by atoms with E-state index in [4.69, 9.17) is 17.0 Å². The SMILES string of the molecule is O=C(CCc1ccccc1)NNC(=S)NC(=O)COc1ccc(Br)cc1. The first-order valence-electron chi connectivity index (χ1n) is 7.84. The molecule has 0 heterocycles. The Morgan fingerprint density at radius 1 is 0.962 bits per heavy atom. The lowest BCUT2D eigenvalue weighted by Crippen LogP contribution is -2.49. The van der Waals surface area contributed by atoms with Crippen molar-refractivity contribution >= 4 is 45.1 Å². The van der Waals surface area contributed by atoms with Gasteiger partial charge >= 0.3 is 0 Å². The fraction of sp³-hybridized carbons (Fsp3) is 0.167. The van der Waals surface area contributed by atoms with Crippen LogP contribution in [0.1, 0.15) is 12.0 Å². The van der Waals surface area contributed by atoms with Crippen molar-refractivity contribution < 1.29 is 14.3 Å². The lowest BCUT2D eigenvalue weighted by atomic mass is 10.1. The fourth-order valence-electron chi connectivity index (χ4n) is 1.97. The molecule has 0 radical (unpaired) electrons. The van der Waals surface area contributed by atoms with E-state index < -0.39 is 5.91 Å². The number of thiocarbonyl (C=S) groups is 1.